The average Bonchev–Trinajstić information content (AvgIpc) is 2.81. The van der Waals surface area contributed by atoms with E-state index < -0.39 is 0 Å². The highest BCUT2D eigenvalue weighted by molar-refractivity contribution is 5.46. The minimum Gasteiger partial charge on any atom is -0.493 e. The van der Waals surface area contributed by atoms with Crippen LogP contribution in [-0.4, -0.2) is 38.3 Å². The van der Waals surface area contributed by atoms with E-state index >= 15 is 0 Å². The summed E-state index contributed by atoms with van der Waals surface area (Å²) in [4.78, 5) is 2.32. The molecule has 1 aromatic rings. The third kappa shape index (κ3) is 2.74. The lowest BCUT2D eigenvalue weighted by Gasteiger charge is -2.20. The first-order valence-electron chi connectivity index (χ1n) is 6.15. The summed E-state index contributed by atoms with van der Waals surface area (Å²) in [6.45, 7) is 1.80. The summed E-state index contributed by atoms with van der Waals surface area (Å²) >= 11 is 0. The van der Waals surface area contributed by atoms with Gasteiger partial charge in [-0.2, -0.15) is 5.26 Å². The maximum atomic E-state index is 8.83. The molecule has 1 aliphatic rings. The summed E-state index contributed by atoms with van der Waals surface area (Å²) in [6, 6.07) is 7.81. The summed E-state index contributed by atoms with van der Waals surface area (Å²) in [5, 5.41) is 8.83. The minimum atomic E-state index is 0.477. The molecule has 18 heavy (non-hydrogen) atoms. The highest BCUT2D eigenvalue weighted by Gasteiger charge is 2.21. The van der Waals surface area contributed by atoms with Crippen LogP contribution in [0.1, 0.15) is 18.4 Å². The van der Waals surface area contributed by atoms with Gasteiger partial charge in [0.15, 0.2) is 11.5 Å². The normalized spacial score (nSPS) is 19.5. The molecule has 0 N–H and O–H groups in total. The molecule has 4 nitrogen and oxygen atoms in total. The van der Waals surface area contributed by atoms with E-state index in [-0.39, 0.29) is 0 Å². The Hall–Kier alpha value is -1.73. The Morgan fingerprint density at radius 2 is 2.28 bits per heavy atom. The van der Waals surface area contributed by atoms with E-state index in [0.29, 0.717) is 29.7 Å². The van der Waals surface area contributed by atoms with Crippen molar-refractivity contribution < 1.29 is 9.47 Å². The maximum Gasteiger partial charge on any atom is 0.162 e. The Morgan fingerprint density at radius 1 is 1.44 bits per heavy atom. The number of nitrogens with zero attached hydrogens (tertiary/aromatic N) is 2. The number of likely N-dealkylation sites (N-methyl/N-ethyl adjacent to an activating group) is 1. The number of nitriles is 1. The van der Waals surface area contributed by atoms with Gasteiger partial charge in [0, 0.05) is 12.1 Å². The minimum absolute atomic E-state index is 0.477. The molecular formula is C14H18N2O2. The first-order valence-corrected chi connectivity index (χ1v) is 6.15. The van der Waals surface area contributed by atoms with Gasteiger partial charge in [0.1, 0.15) is 6.61 Å². The number of ether oxygens (including phenoxy) is 2. The molecule has 0 spiro atoms. The predicted molar refractivity (Wildman–Crippen MR) is 68.9 cm³/mol. The molecule has 0 saturated carbocycles. The molecule has 4 heteroatoms. The van der Waals surface area contributed by atoms with Gasteiger partial charge in [-0.3, -0.25) is 0 Å². The lowest BCUT2D eigenvalue weighted by molar-refractivity contribution is 0.193. The van der Waals surface area contributed by atoms with Crippen LogP contribution >= 0.6 is 0 Å². The Kier molecular flexibility index (Phi) is 4.06. The standard InChI is InChI=1S/C14H18N2O2/c1-16-7-3-4-12(16)10-18-13-6-5-11(9-15)8-14(13)17-2/h5-6,8,12H,3-4,7,10H2,1-2H3/t12-/m1/s1. The number of hydrogen-bond acceptors (Lipinski definition) is 4. The van der Waals surface area contributed by atoms with Gasteiger partial charge >= 0.3 is 0 Å². The van der Waals surface area contributed by atoms with Gasteiger partial charge in [0.25, 0.3) is 0 Å². The summed E-state index contributed by atoms with van der Waals surface area (Å²) in [7, 11) is 3.71. The Balaban J connectivity index is 2.02. The van der Waals surface area contributed by atoms with Crippen LogP contribution in [0.5, 0.6) is 11.5 Å². The van der Waals surface area contributed by atoms with Crippen molar-refractivity contribution in [1.82, 2.24) is 4.90 Å². The molecule has 1 heterocycles. The van der Waals surface area contributed by atoms with E-state index in [2.05, 4.69) is 18.0 Å². The molecule has 1 aliphatic heterocycles. The molecule has 0 aliphatic carbocycles. The van der Waals surface area contributed by atoms with Crippen LogP contribution in [0, 0.1) is 11.3 Å². The topological polar surface area (TPSA) is 45.5 Å². The van der Waals surface area contributed by atoms with Crippen LogP contribution in [0.3, 0.4) is 0 Å². The van der Waals surface area contributed by atoms with E-state index in [0.717, 1.165) is 6.54 Å². The first-order chi connectivity index (χ1) is 8.74. The quantitative estimate of drug-likeness (QED) is 0.815. The van der Waals surface area contributed by atoms with Crippen molar-refractivity contribution in [2.75, 3.05) is 27.3 Å². The van der Waals surface area contributed by atoms with Crippen molar-refractivity contribution in [2.45, 2.75) is 18.9 Å². The smallest absolute Gasteiger partial charge is 0.162 e. The molecule has 1 saturated heterocycles. The first kappa shape index (κ1) is 12.7. The Morgan fingerprint density at radius 3 is 2.89 bits per heavy atom. The third-order valence-electron chi connectivity index (χ3n) is 3.40. The molecule has 0 bridgehead atoms. The van der Waals surface area contributed by atoms with Gasteiger partial charge in [0.2, 0.25) is 0 Å². The molecular weight excluding hydrogens is 228 g/mol. The molecule has 1 fully saturated rings. The van der Waals surface area contributed by atoms with Gasteiger partial charge < -0.3 is 14.4 Å². The fourth-order valence-corrected chi connectivity index (χ4v) is 2.23. The van der Waals surface area contributed by atoms with Crippen LogP contribution in [0.2, 0.25) is 0 Å². The van der Waals surface area contributed by atoms with E-state index in [1.54, 1.807) is 25.3 Å². The third-order valence-corrected chi connectivity index (χ3v) is 3.40. The van der Waals surface area contributed by atoms with Gasteiger partial charge in [-0.05, 0) is 38.6 Å². The van der Waals surface area contributed by atoms with E-state index in [9.17, 15) is 0 Å². The average molecular weight is 246 g/mol. The fraction of sp³-hybridized carbons (Fsp3) is 0.500. The number of rotatable bonds is 4. The van der Waals surface area contributed by atoms with Crippen molar-refractivity contribution in [1.29, 1.82) is 5.26 Å². The molecule has 1 aromatic carbocycles. The van der Waals surface area contributed by atoms with E-state index in [1.807, 2.05) is 0 Å². The van der Waals surface area contributed by atoms with Gasteiger partial charge in [-0.25, -0.2) is 0 Å². The van der Waals surface area contributed by atoms with Crippen LogP contribution in [0.4, 0.5) is 0 Å². The van der Waals surface area contributed by atoms with Crippen LogP contribution in [0.15, 0.2) is 18.2 Å². The summed E-state index contributed by atoms with van der Waals surface area (Å²) in [5.41, 5.74) is 0.581. The molecule has 0 radical (unpaired) electrons. The largest absolute Gasteiger partial charge is 0.493 e. The molecule has 1 atom stereocenters. The zero-order chi connectivity index (χ0) is 13.0. The molecule has 2 rings (SSSR count). The zero-order valence-electron chi connectivity index (χ0n) is 10.8. The van der Waals surface area contributed by atoms with Gasteiger partial charge in [-0.1, -0.05) is 0 Å². The molecule has 0 aromatic heterocycles. The fourth-order valence-electron chi connectivity index (χ4n) is 2.23. The Bertz CT molecular complexity index is 454. The number of hydrogen-bond donors (Lipinski definition) is 0. The summed E-state index contributed by atoms with van der Waals surface area (Å²) in [6.07, 6.45) is 2.41. The number of benzene rings is 1. The van der Waals surface area contributed by atoms with Crippen LogP contribution in [0.25, 0.3) is 0 Å². The highest BCUT2D eigenvalue weighted by atomic mass is 16.5. The van der Waals surface area contributed by atoms with Gasteiger partial charge in [-0.15, -0.1) is 0 Å². The van der Waals surface area contributed by atoms with Crippen molar-refractivity contribution in [3.8, 4) is 17.6 Å². The van der Waals surface area contributed by atoms with Crippen LogP contribution < -0.4 is 9.47 Å². The predicted octanol–water partition coefficient (Wildman–Crippen LogP) is 2.04. The Labute approximate surface area is 108 Å². The summed E-state index contributed by atoms with van der Waals surface area (Å²) in [5.74, 6) is 1.33. The van der Waals surface area contributed by atoms with Crippen molar-refractivity contribution in [3.63, 3.8) is 0 Å². The van der Waals surface area contributed by atoms with E-state index in [1.165, 1.54) is 12.8 Å². The van der Waals surface area contributed by atoms with Crippen molar-refractivity contribution in [2.24, 2.45) is 0 Å². The summed E-state index contributed by atoms with van der Waals surface area (Å²) < 4.78 is 11.0. The van der Waals surface area contributed by atoms with Crippen molar-refractivity contribution >= 4 is 0 Å². The lowest BCUT2D eigenvalue weighted by atomic mass is 10.2. The SMILES string of the molecule is COc1cc(C#N)ccc1OC[C@H]1CCCN1C. The second-order valence-corrected chi connectivity index (χ2v) is 4.57. The second-order valence-electron chi connectivity index (χ2n) is 4.57. The van der Waals surface area contributed by atoms with Gasteiger partial charge in [0.05, 0.1) is 18.7 Å². The molecule has 0 amide bonds. The number of likely N-dealkylation sites (tertiary alicyclic amines) is 1. The lowest BCUT2D eigenvalue weighted by Crippen LogP contribution is -2.30. The second kappa shape index (κ2) is 5.74. The molecule has 0 unspecified atom stereocenters. The van der Waals surface area contributed by atoms with E-state index in [4.69, 9.17) is 14.7 Å². The number of methoxy groups -OCH3 is 1. The molecule has 96 valence electrons. The van der Waals surface area contributed by atoms with Crippen LogP contribution in [-0.2, 0) is 0 Å². The van der Waals surface area contributed by atoms with Crippen molar-refractivity contribution in [3.05, 3.63) is 23.8 Å². The maximum absolute atomic E-state index is 8.83. The highest BCUT2D eigenvalue weighted by Crippen LogP contribution is 2.28. The zero-order valence-corrected chi connectivity index (χ0v) is 10.8. The monoisotopic (exact) mass is 246 g/mol.